The maximum Gasteiger partial charge on any atom is 0.338 e. The monoisotopic (exact) mass is 487 g/mol. The number of hydrogen-bond acceptors (Lipinski definition) is 6. The number of pyridine rings is 1. The molecule has 182 valence electrons. The molecule has 1 aromatic heterocycles. The van der Waals surface area contributed by atoms with Gasteiger partial charge in [0.25, 0.3) is 5.56 Å². The van der Waals surface area contributed by atoms with E-state index < -0.39 is 42.1 Å². The Hall–Kier alpha value is -4.30. The molecule has 0 spiro atoms. The third kappa shape index (κ3) is 4.63. The Balaban J connectivity index is 1.42. The summed E-state index contributed by atoms with van der Waals surface area (Å²) in [6.07, 6.45) is -4.38. The van der Waals surface area contributed by atoms with Crippen LogP contribution < -0.4 is 5.56 Å². The number of alkyl halides is 1. The van der Waals surface area contributed by atoms with Gasteiger partial charge < -0.3 is 14.2 Å². The Kier molecular flexibility index (Phi) is 6.60. The molecule has 0 radical (unpaired) electrons. The van der Waals surface area contributed by atoms with E-state index in [1.54, 1.807) is 91.0 Å². The van der Waals surface area contributed by atoms with Crippen molar-refractivity contribution in [3.05, 3.63) is 119 Å². The predicted molar refractivity (Wildman–Crippen MR) is 129 cm³/mol. The number of halogens is 1. The summed E-state index contributed by atoms with van der Waals surface area (Å²) in [5.74, 6) is -1.38. The molecule has 1 aliphatic rings. The number of benzene rings is 3. The molecule has 4 aromatic rings. The third-order valence-electron chi connectivity index (χ3n) is 6.02. The van der Waals surface area contributed by atoms with Gasteiger partial charge in [0.15, 0.2) is 18.5 Å². The first-order valence-electron chi connectivity index (χ1n) is 11.4. The van der Waals surface area contributed by atoms with E-state index in [4.69, 9.17) is 14.2 Å². The van der Waals surface area contributed by atoms with Gasteiger partial charge in [-0.15, -0.1) is 0 Å². The van der Waals surface area contributed by atoms with Crippen LogP contribution in [0.2, 0.25) is 0 Å². The van der Waals surface area contributed by atoms with Crippen LogP contribution in [0, 0.1) is 0 Å². The number of esters is 2. The first-order chi connectivity index (χ1) is 17.5. The second kappa shape index (κ2) is 10.1. The molecular formula is C28H22FNO6. The molecule has 1 fully saturated rings. The third-order valence-corrected chi connectivity index (χ3v) is 6.02. The number of fused-ring (bicyclic) bond motifs is 1. The van der Waals surface area contributed by atoms with E-state index in [1.807, 2.05) is 0 Å². The Bertz CT molecular complexity index is 1440. The number of carbonyl (C=O) groups excluding carboxylic acids is 2. The average Bonchev–Trinajstić information content (AvgIpc) is 3.23. The van der Waals surface area contributed by atoms with Gasteiger partial charge >= 0.3 is 11.9 Å². The topological polar surface area (TPSA) is 83.8 Å². The summed E-state index contributed by atoms with van der Waals surface area (Å²) in [5, 5.41) is 1.10. The van der Waals surface area contributed by atoms with Crippen molar-refractivity contribution in [3.8, 4) is 0 Å². The lowest BCUT2D eigenvalue weighted by molar-refractivity contribution is -0.0587. The highest BCUT2D eigenvalue weighted by Gasteiger charge is 2.49. The average molecular weight is 487 g/mol. The van der Waals surface area contributed by atoms with Gasteiger partial charge in [-0.2, -0.15) is 0 Å². The van der Waals surface area contributed by atoms with Crippen LogP contribution in [0.4, 0.5) is 4.39 Å². The predicted octanol–water partition coefficient (Wildman–Crippen LogP) is 4.32. The molecule has 5 rings (SSSR count). The Morgan fingerprint density at radius 3 is 2.14 bits per heavy atom. The summed E-state index contributed by atoms with van der Waals surface area (Å²) in [7, 11) is 0. The normalized spacial score (nSPS) is 21.2. The fourth-order valence-electron chi connectivity index (χ4n) is 4.18. The Labute approximate surface area is 205 Å². The van der Waals surface area contributed by atoms with Crippen molar-refractivity contribution in [2.45, 2.75) is 24.6 Å². The number of rotatable bonds is 6. The zero-order chi connectivity index (χ0) is 25.1. The molecule has 0 N–H and O–H groups in total. The van der Waals surface area contributed by atoms with Gasteiger partial charge in [-0.1, -0.05) is 54.6 Å². The fourth-order valence-corrected chi connectivity index (χ4v) is 4.18. The standard InChI is InChI=1S/C28H22FNO6/c29-23-24(36-28(33)20-12-5-2-6-13-20)22(17-34-27(32)19-10-3-1-4-11-19)35-26(23)30-16-15-18-9-7-8-14-21(18)25(30)31/h1-16,22-24,26H,17H2/t22-,23+,24-,26+/m1/s1. The summed E-state index contributed by atoms with van der Waals surface area (Å²) in [4.78, 5) is 38.3. The van der Waals surface area contributed by atoms with Gasteiger partial charge in [-0.25, -0.2) is 14.0 Å². The van der Waals surface area contributed by atoms with E-state index in [9.17, 15) is 14.4 Å². The Morgan fingerprint density at radius 1 is 0.833 bits per heavy atom. The molecule has 0 unspecified atom stereocenters. The number of ether oxygens (including phenoxy) is 3. The van der Waals surface area contributed by atoms with E-state index in [2.05, 4.69) is 0 Å². The van der Waals surface area contributed by atoms with Crippen molar-refractivity contribution in [2.24, 2.45) is 0 Å². The summed E-state index contributed by atoms with van der Waals surface area (Å²) in [5.41, 5.74) is 0.0966. The summed E-state index contributed by atoms with van der Waals surface area (Å²) < 4.78 is 33.6. The van der Waals surface area contributed by atoms with Crippen LogP contribution >= 0.6 is 0 Å². The van der Waals surface area contributed by atoms with Crippen LogP contribution in [0.1, 0.15) is 26.9 Å². The lowest BCUT2D eigenvalue weighted by Crippen LogP contribution is -2.37. The number of carbonyl (C=O) groups is 2. The molecule has 3 aromatic carbocycles. The highest BCUT2D eigenvalue weighted by Crippen LogP contribution is 2.34. The lowest BCUT2D eigenvalue weighted by atomic mass is 10.1. The van der Waals surface area contributed by atoms with Crippen LogP contribution in [0.5, 0.6) is 0 Å². The molecule has 0 bridgehead atoms. The van der Waals surface area contributed by atoms with Crippen LogP contribution in [-0.4, -0.2) is 41.5 Å². The summed E-state index contributed by atoms with van der Waals surface area (Å²) >= 11 is 0. The molecule has 2 heterocycles. The van der Waals surface area contributed by atoms with Gasteiger partial charge in [-0.05, 0) is 41.8 Å². The van der Waals surface area contributed by atoms with E-state index in [0.29, 0.717) is 16.3 Å². The molecule has 36 heavy (non-hydrogen) atoms. The molecule has 8 heteroatoms. The minimum absolute atomic E-state index is 0.232. The van der Waals surface area contributed by atoms with Gasteiger partial charge in [0.2, 0.25) is 0 Å². The molecule has 1 aliphatic heterocycles. The maximum atomic E-state index is 15.8. The van der Waals surface area contributed by atoms with Crippen molar-refractivity contribution >= 4 is 22.7 Å². The van der Waals surface area contributed by atoms with Crippen molar-refractivity contribution in [1.82, 2.24) is 4.57 Å². The van der Waals surface area contributed by atoms with Crippen molar-refractivity contribution in [3.63, 3.8) is 0 Å². The van der Waals surface area contributed by atoms with E-state index >= 15 is 4.39 Å². The van der Waals surface area contributed by atoms with E-state index in [1.165, 1.54) is 6.20 Å². The highest BCUT2D eigenvalue weighted by molar-refractivity contribution is 5.90. The number of aromatic nitrogens is 1. The second-order valence-electron chi connectivity index (χ2n) is 8.33. The summed E-state index contributed by atoms with van der Waals surface area (Å²) in [6, 6.07) is 25.1. The minimum Gasteiger partial charge on any atom is -0.459 e. The summed E-state index contributed by atoms with van der Waals surface area (Å²) in [6.45, 7) is -0.375. The van der Waals surface area contributed by atoms with Gasteiger partial charge in [0, 0.05) is 11.6 Å². The van der Waals surface area contributed by atoms with E-state index in [0.717, 1.165) is 4.57 Å². The highest BCUT2D eigenvalue weighted by atomic mass is 19.1. The zero-order valence-electron chi connectivity index (χ0n) is 19.0. The van der Waals surface area contributed by atoms with Crippen LogP contribution in [0.25, 0.3) is 10.8 Å². The molecule has 4 atom stereocenters. The Morgan fingerprint density at radius 2 is 1.44 bits per heavy atom. The largest absolute Gasteiger partial charge is 0.459 e. The molecule has 1 saturated heterocycles. The van der Waals surface area contributed by atoms with Gasteiger partial charge in [0.1, 0.15) is 12.7 Å². The molecule has 7 nitrogen and oxygen atoms in total. The second-order valence-corrected chi connectivity index (χ2v) is 8.33. The van der Waals surface area contributed by atoms with Gasteiger partial charge in [-0.3, -0.25) is 9.36 Å². The SMILES string of the molecule is O=C(OC[C@H]1O[C@H](n2ccc3ccccc3c2=O)[C@@H](F)[C@@H]1OC(=O)c1ccccc1)c1ccccc1. The van der Waals surface area contributed by atoms with Crippen molar-refractivity contribution < 1.29 is 28.2 Å². The quantitative estimate of drug-likeness (QED) is 0.377. The van der Waals surface area contributed by atoms with Gasteiger partial charge in [0.05, 0.1) is 11.1 Å². The molecule has 0 aliphatic carbocycles. The van der Waals surface area contributed by atoms with Crippen LogP contribution in [0.15, 0.2) is 102 Å². The van der Waals surface area contributed by atoms with Crippen LogP contribution in [-0.2, 0) is 14.2 Å². The first kappa shape index (κ1) is 23.4. The molecule has 0 amide bonds. The zero-order valence-corrected chi connectivity index (χ0v) is 19.0. The number of nitrogens with zero attached hydrogens (tertiary/aromatic N) is 1. The molecular weight excluding hydrogens is 465 g/mol. The maximum absolute atomic E-state index is 15.8. The first-order valence-corrected chi connectivity index (χ1v) is 11.4. The van der Waals surface area contributed by atoms with E-state index in [-0.39, 0.29) is 12.2 Å². The van der Waals surface area contributed by atoms with Crippen molar-refractivity contribution in [1.29, 1.82) is 0 Å². The smallest absolute Gasteiger partial charge is 0.338 e. The lowest BCUT2D eigenvalue weighted by Gasteiger charge is -2.19. The fraction of sp³-hybridized carbons (Fsp3) is 0.179. The minimum atomic E-state index is -1.89. The number of hydrogen-bond donors (Lipinski definition) is 0. The van der Waals surface area contributed by atoms with Crippen LogP contribution in [0.3, 0.4) is 0 Å². The van der Waals surface area contributed by atoms with Crippen molar-refractivity contribution in [2.75, 3.05) is 6.61 Å². The molecule has 0 saturated carbocycles.